The Morgan fingerprint density at radius 1 is 0.953 bits per heavy atom. The molecular formula is C29H32F3N5O5S. The summed E-state index contributed by atoms with van der Waals surface area (Å²) in [7, 11) is -3.72. The van der Waals surface area contributed by atoms with Gasteiger partial charge < -0.3 is 5.32 Å². The molecule has 0 bridgehead atoms. The van der Waals surface area contributed by atoms with Gasteiger partial charge in [0, 0.05) is 24.3 Å². The summed E-state index contributed by atoms with van der Waals surface area (Å²) >= 11 is 0. The largest absolute Gasteiger partial charge is 0.416 e. The molecule has 2 N–H and O–H groups in total. The summed E-state index contributed by atoms with van der Waals surface area (Å²) in [5.74, 6) is -1.00. The Bertz CT molecular complexity index is 1640. The zero-order valence-electron chi connectivity index (χ0n) is 24.1. The van der Waals surface area contributed by atoms with E-state index in [1.807, 2.05) is 13.8 Å². The number of sulfonamides is 1. The third-order valence-corrected chi connectivity index (χ3v) is 10.3. The van der Waals surface area contributed by atoms with Gasteiger partial charge in [-0.15, -0.1) is 0 Å². The molecule has 3 aliphatic rings. The summed E-state index contributed by atoms with van der Waals surface area (Å²) < 4.78 is 67.4. The Morgan fingerprint density at radius 2 is 1.58 bits per heavy atom. The quantitative estimate of drug-likeness (QED) is 0.479. The molecule has 1 spiro atoms. The molecule has 0 unspecified atom stereocenters. The van der Waals surface area contributed by atoms with E-state index in [1.165, 1.54) is 21.3 Å². The zero-order valence-corrected chi connectivity index (χ0v) is 24.9. The number of imide groups is 1. The molecule has 2 aromatic rings. The number of alkyl halides is 3. The summed E-state index contributed by atoms with van der Waals surface area (Å²) in [4.78, 5) is 43.4. The molecular weight excluding hydrogens is 587 g/mol. The number of anilines is 1. The predicted molar refractivity (Wildman–Crippen MR) is 153 cm³/mol. The molecule has 2 saturated heterocycles. The molecule has 0 aliphatic carbocycles. The van der Waals surface area contributed by atoms with Crippen LogP contribution in [0.4, 0.5) is 23.7 Å². The van der Waals surface area contributed by atoms with Crippen LogP contribution in [-0.2, 0) is 32.2 Å². The topological polar surface area (TPSA) is 128 Å². The van der Waals surface area contributed by atoms with Crippen molar-refractivity contribution in [1.82, 2.24) is 14.9 Å². The molecule has 2 aromatic carbocycles. The minimum atomic E-state index is -4.54. The Labute approximate surface area is 247 Å². The summed E-state index contributed by atoms with van der Waals surface area (Å²) in [5, 5.41) is 4.90. The number of nitrogens with one attached hydrogen (secondary N) is 2. The van der Waals surface area contributed by atoms with Crippen LogP contribution >= 0.6 is 0 Å². The van der Waals surface area contributed by atoms with Crippen LogP contribution in [0.3, 0.4) is 0 Å². The van der Waals surface area contributed by atoms with Gasteiger partial charge in [0.15, 0.2) is 0 Å². The normalized spacial score (nSPS) is 20.4. The van der Waals surface area contributed by atoms with Crippen molar-refractivity contribution in [3.05, 3.63) is 64.2 Å². The van der Waals surface area contributed by atoms with E-state index in [4.69, 9.17) is 0 Å². The number of amides is 4. The number of carbonyl (C=O) groups excluding carboxylic acids is 3. The Balaban J connectivity index is 1.26. The van der Waals surface area contributed by atoms with Crippen molar-refractivity contribution >= 4 is 39.4 Å². The van der Waals surface area contributed by atoms with Gasteiger partial charge in [-0.05, 0) is 87.9 Å². The highest BCUT2D eigenvalue weighted by Gasteiger charge is 2.48. The van der Waals surface area contributed by atoms with Crippen molar-refractivity contribution in [3.8, 4) is 0 Å². The minimum Gasteiger partial charge on any atom is -0.308 e. The number of aryl methyl sites for hydroxylation is 2. The molecule has 14 heteroatoms. The fraction of sp³-hybridized carbons (Fsp3) is 0.448. The molecule has 3 aliphatic heterocycles. The molecule has 10 nitrogen and oxygen atoms in total. The van der Waals surface area contributed by atoms with Crippen LogP contribution in [-0.4, -0.2) is 66.3 Å². The van der Waals surface area contributed by atoms with E-state index in [2.05, 4.69) is 15.6 Å². The first-order valence-corrected chi connectivity index (χ1v) is 15.4. The van der Waals surface area contributed by atoms with E-state index in [9.17, 15) is 36.0 Å². The van der Waals surface area contributed by atoms with Gasteiger partial charge >= 0.3 is 12.2 Å². The van der Waals surface area contributed by atoms with Gasteiger partial charge in [-0.3, -0.25) is 24.8 Å². The fourth-order valence-electron chi connectivity index (χ4n) is 5.92. The second kappa shape index (κ2) is 10.4. The highest BCUT2D eigenvalue weighted by atomic mass is 32.2. The molecule has 5 rings (SSSR count). The summed E-state index contributed by atoms with van der Waals surface area (Å²) in [6.07, 6.45) is -4.13. The molecule has 0 saturated carbocycles. The lowest BCUT2D eigenvalue weighted by atomic mass is 9.89. The van der Waals surface area contributed by atoms with Crippen molar-refractivity contribution in [3.63, 3.8) is 0 Å². The van der Waals surface area contributed by atoms with Crippen molar-refractivity contribution in [1.29, 1.82) is 0 Å². The molecule has 43 heavy (non-hydrogen) atoms. The molecule has 0 atom stereocenters. The van der Waals surface area contributed by atoms with E-state index < -0.39 is 50.7 Å². The lowest BCUT2D eigenvalue weighted by molar-refractivity contribution is -0.137. The Hall–Kier alpha value is -3.78. The van der Waals surface area contributed by atoms with Crippen LogP contribution in [0.5, 0.6) is 0 Å². The average molecular weight is 620 g/mol. The molecule has 2 fully saturated rings. The SMILES string of the molecule is Cc1cc(N2C(=O)NC(=O)C2(C)C)cc(C)c1CCS(=O)(=O)N1CCC2(CC1)N=C(c1cccc(C(F)(F)F)c1)NC2=O. The van der Waals surface area contributed by atoms with Gasteiger partial charge in [-0.1, -0.05) is 12.1 Å². The fourth-order valence-corrected chi connectivity index (χ4v) is 7.38. The van der Waals surface area contributed by atoms with Crippen LogP contribution in [0.15, 0.2) is 41.4 Å². The molecule has 3 heterocycles. The zero-order chi connectivity index (χ0) is 31.5. The first-order valence-electron chi connectivity index (χ1n) is 13.8. The monoisotopic (exact) mass is 619 g/mol. The number of hydrogen-bond donors (Lipinski definition) is 2. The number of carbonyl (C=O) groups is 3. The van der Waals surface area contributed by atoms with Crippen molar-refractivity contribution in [2.45, 2.75) is 64.2 Å². The van der Waals surface area contributed by atoms with Gasteiger partial charge in [-0.25, -0.2) is 17.5 Å². The van der Waals surface area contributed by atoms with Gasteiger partial charge in [0.05, 0.1) is 11.3 Å². The van der Waals surface area contributed by atoms with Gasteiger partial charge in [0.25, 0.3) is 11.8 Å². The van der Waals surface area contributed by atoms with Gasteiger partial charge in [0.1, 0.15) is 16.9 Å². The number of urea groups is 1. The second-order valence-corrected chi connectivity index (χ2v) is 13.8. The van der Waals surface area contributed by atoms with Crippen LogP contribution < -0.4 is 15.5 Å². The number of nitrogens with zero attached hydrogens (tertiary/aromatic N) is 3. The van der Waals surface area contributed by atoms with Crippen LogP contribution in [0.1, 0.15) is 54.5 Å². The summed E-state index contributed by atoms with van der Waals surface area (Å²) in [5.41, 5.74) is -0.117. The summed E-state index contributed by atoms with van der Waals surface area (Å²) in [6, 6.07) is 7.55. The number of amidine groups is 1. The van der Waals surface area contributed by atoms with E-state index in [-0.39, 0.29) is 49.5 Å². The number of hydrogen-bond acceptors (Lipinski definition) is 6. The molecule has 0 aromatic heterocycles. The lowest BCUT2D eigenvalue weighted by Crippen LogP contribution is -2.50. The van der Waals surface area contributed by atoms with Crippen molar-refractivity contribution in [2.24, 2.45) is 4.99 Å². The number of rotatable bonds is 6. The smallest absolute Gasteiger partial charge is 0.308 e. The standard InChI is InChI=1S/C29H32F3N5O5S/c1-17-14-21(37-26(40)34-24(38)27(37,3)4)15-18(2)22(17)8-13-43(41,42)36-11-9-28(10-12-36)25(39)33-23(35-28)19-6-5-7-20(16-19)29(30,31)32/h5-7,14-16H,8-13H2,1-4H3,(H,33,35,39)(H,34,38,40). The molecule has 4 amide bonds. The average Bonchev–Trinajstić information content (AvgIpc) is 3.33. The van der Waals surface area contributed by atoms with Crippen LogP contribution in [0.2, 0.25) is 0 Å². The highest BCUT2D eigenvalue weighted by molar-refractivity contribution is 7.89. The first-order chi connectivity index (χ1) is 19.9. The number of aliphatic imine (C=N–C) groups is 1. The highest BCUT2D eigenvalue weighted by Crippen LogP contribution is 2.35. The Kier molecular flexibility index (Phi) is 7.45. The lowest BCUT2D eigenvalue weighted by Gasteiger charge is -2.34. The number of halogens is 3. The van der Waals surface area contributed by atoms with Crippen LogP contribution in [0.25, 0.3) is 0 Å². The predicted octanol–water partition coefficient (Wildman–Crippen LogP) is 3.44. The van der Waals surface area contributed by atoms with E-state index >= 15 is 0 Å². The summed E-state index contributed by atoms with van der Waals surface area (Å²) in [6.45, 7) is 7.02. The van der Waals surface area contributed by atoms with Crippen molar-refractivity contribution < 1.29 is 36.0 Å². The third-order valence-electron chi connectivity index (χ3n) is 8.47. The van der Waals surface area contributed by atoms with Gasteiger partial charge in [0.2, 0.25) is 10.0 Å². The van der Waals surface area contributed by atoms with Crippen molar-refractivity contribution in [2.75, 3.05) is 23.7 Å². The van der Waals surface area contributed by atoms with E-state index in [0.29, 0.717) is 5.69 Å². The van der Waals surface area contributed by atoms with E-state index in [0.717, 1.165) is 28.8 Å². The molecule has 230 valence electrons. The maximum atomic E-state index is 13.3. The maximum absolute atomic E-state index is 13.3. The Morgan fingerprint density at radius 3 is 2.14 bits per heavy atom. The number of piperidine rings is 1. The first kappa shape index (κ1) is 30.7. The van der Waals surface area contributed by atoms with Gasteiger partial charge in [-0.2, -0.15) is 13.2 Å². The minimum absolute atomic E-state index is 0.0409. The van der Waals surface area contributed by atoms with E-state index in [1.54, 1.807) is 26.0 Å². The number of benzene rings is 2. The third kappa shape index (κ3) is 5.53. The second-order valence-electron chi connectivity index (χ2n) is 11.7. The maximum Gasteiger partial charge on any atom is 0.416 e. The van der Waals surface area contributed by atoms with Crippen LogP contribution in [0, 0.1) is 13.8 Å². The molecule has 0 radical (unpaired) electrons.